The van der Waals surface area contributed by atoms with Crippen LogP contribution >= 0.6 is 0 Å². The highest BCUT2D eigenvalue weighted by Gasteiger charge is 2.21. The Morgan fingerprint density at radius 3 is 2.50 bits per heavy atom. The van der Waals surface area contributed by atoms with Gasteiger partial charge in [-0.15, -0.1) is 0 Å². The standard InChI is InChI=1S/C16H22/c1-10(2)15-8-14-7-6-11(3)12(4)13(5)16(14)9-15/h7-11H,6H2,1-5H3. The Kier molecular flexibility index (Phi) is 2.92. The van der Waals surface area contributed by atoms with Crippen LogP contribution in [-0.4, -0.2) is 0 Å². The van der Waals surface area contributed by atoms with Crippen LogP contribution < -0.4 is 0 Å². The van der Waals surface area contributed by atoms with Crippen LogP contribution in [0.5, 0.6) is 0 Å². The van der Waals surface area contributed by atoms with Crippen molar-refractivity contribution >= 4 is 0 Å². The molecule has 1 atom stereocenters. The lowest BCUT2D eigenvalue weighted by molar-refractivity contribution is 0.691. The fourth-order valence-electron chi connectivity index (χ4n) is 2.44. The minimum Gasteiger partial charge on any atom is -0.0761 e. The van der Waals surface area contributed by atoms with Gasteiger partial charge in [0.15, 0.2) is 0 Å². The quantitative estimate of drug-likeness (QED) is 0.587. The number of allylic oxidation sites excluding steroid dienone is 8. The van der Waals surface area contributed by atoms with E-state index in [-0.39, 0.29) is 0 Å². The molecular formula is C16H22. The molecule has 0 heteroatoms. The summed E-state index contributed by atoms with van der Waals surface area (Å²) in [5, 5.41) is 0. The third kappa shape index (κ3) is 1.81. The molecule has 0 bridgehead atoms. The molecular weight excluding hydrogens is 192 g/mol. The van der Waals surface area contributed by atoms with E-state index in [1.54, 1.807) is 5.57 Å². The topological polar surface area (TPSA) is 0 Å². The van der Waals surface area contributed by atoms with E-state index in [1.807, 2.05) is 0 Å². The minimum absolute atomic E-state index is 0.630. The lowest BCUT2D eigenvalue weighted by Crippen LogP contribution is -1.96. The summed E-state index contributed by atoms with van der Waals surface area (Å²) < 4.78 is 0. The van der Waals surface area contributed by atoms with E-state index in [4.69, 9.17) is 0 Å². The molecule has 0 nitrogen and oxygen atoms in total. The van der Waals surface area contributed by atoms with Crippen molar-refractivity contribution in [3.05, 3.63) is 46.1 Å². The summed E-state index contributed by atoms with van der Waals surface area (Å²) in [6, 6.07) is 0. The van der Waals surface area contributed by atoms with E-state index in [0.29, 0.717) is 11.8 Å². The summed E-state index contributed by atoms with van der Waals surface area (Å²) in [6.45, 7) is 11.4. The van der Waals surface area contributed by atoms with Crippen LogP contribution in [0, 0.1) is 11.8 Å². The molecule has 0 aromatic heterocycles. The Morgan fingerprint density at radius 1 is 1.19 bits per heavy atom. The van der Waals surface area contributed by atoms with Crippen molar-refractivity contribution < 1.29 is 0 Å². The molecule has 1 unspecified atom stereocenters. The van der Waals surface area contributed by atoms with E-state index >= 15 is 0 Å². The number of hydrogen-bond acceptors (Lipinski definition) is 0. The van der Waals surface area contributed by atoms with E-state index in [2.05, 4.69) is 52.8 Å². The van der Waals surface area contributed by atoms with Gasteiger partial charge in [0, 0.05) is 0 Å². The Morgan fingerprint density at radius 2 is 1.88 bits per heavy atom. The molecule has 0 N–H and O–H groups in total. The molecule has 0 heterocycles. The van der Waals surface area contributed by atoms with Gasteiger partial charge in [-0.05, 0) is 54.4 Å². The van der Waals surface area contributed by atoms with Gasteiger partial charge in [0.2, 0.25) is 0 Å². The van der Waals surface area contributed by atoms with E-state index in [1.165, 1.54) is 28.7 Å². The van der Waals surface area contributed by atoms with Gasteiger partial charge in [-0.3, -0.25) is 0 Å². The van der Waals surface area contributed by atoms with Crippen molar-refractivity contribution in [3.8, 4) is 0 Å². The molecule has 2 aliphatic carbocycles. The van der Waals surface area contributed by atoms with Crippen molar-refractivity contribution in [2.24, 2.45) is 11.8 Å². The van der Waals surface area contributed by atoms with Gasteiger partial charge in [-0.2, -0.15) is 0 Å². The van der Waals surface area contributed by atoms with Gasteiger partial charge in [-0.25, -0.2) is 0 Å². The largest absolute Gasteiger partial charge is 0.0761 e. The van der Waals surface area contributed by atoms with Crippen LogP contribution in [0.2, 0.25) is 0 Å². The van der Waals surface area contributed by atoms with Gasteiger partial charge in [0.1, 0.15) is 0 Å². The molecule has 0 aromatic rings. The Bertz CT molecular complexity index is 425. The van der Waals surface area contributed by atoms with Gasteiger partial charge in [0.25, 0.3) is 0 Å². The molecule has 0 amide bonds. The zero-order valence-electron chi connectivity index (χ0n) is 11.1. The molecule has 2 aliphatic rings. The molecule has 0 aromatic carbocycles. The first-order valence-corrected chi connectivity index (χ1v) is 6.32. The van der Waals surface area contributed by atoms with Gasteiger partial charge >= 0.3 is 0 Å². The lowest BCUT2D eigenvalue weighted by atomic mass is 9.94. The van der Waals surface area contributed by atoms with Gasteiger partial charge in [0.05, 0.1) is 0 Å². The van der Waals surface area contributed by atoms with Crippen LogP contribution in [0.15, 0.2) is 46.1 Å². The molecule has 2 rings (SSSR count). The minimum atomic E-state index is 0.630. The zero-order chi connectivity index (χ0) is 11.9. The summed E-state index contributed by atoms with van der Waals surface area (Å²) in [5.41, 5.74) is 7.43. The van der Waals surface area contributed by atoms with Crippen LogP contribution in [0.4, 0.5) is 0 Å². The predicted molar refractivity (Wildman–Crippen MR) is 71.2 cm³/mol. The molecule has 0 fully saturated rings. The highest BCUT2D eigenvalue weighted by Crippen LogP contribution is 2.38. The predicted octanol–water partition coefficient (Wildman–Crippen LogP) is 4.81. The molecule has 0 aliphatic heterocycles. The Labute approximate surface area is 99.4 Å². The van der Waals surface area contributed by atoms with Crippen molar-refractivity contribution in [2.75, 3.05) is 0 Å². The van der Waals surface area contributed by atoms with Crippen LogP contribution in [0.1, 0.15) is 41.0 Å². The molecule has 0 saturated carbocycles. The van der Waals surface area contributed by atoms with Crippen molar-refractivity contribution in [1.29, 1.82) is 0 Å². The second-order valence-electron chi connectivity index (χ2n) is 5.46. The molecule has 0 spiro atoms. The van der Waals surface area contributed by atoms with Gasteiger partial charge < -0.3 is 0 Å². The summed E-state index contributed by atoms with van der Waals surface area (Å²) in [4.78, 5) is 0. The molecule has 0 radical (unpaired) electrons. The van der Waals surface area contributed by atoms with Crippen LogP contribution in [0.3, 0.4) is 0 Å². The first-order chi connectivity index (χ1) is 7.50. The first-order valence-electron chi connectivity index (χ1n) is 6.32. The molecule has 16 heavy (non-hydrogen) atoms. The average molecular weight is 214 g/mol. The normalized spacial score (nSPS) is 25.1. The van der Waals surface area contributed by atoms with Crippen LogP contribution in [-0.2, 0) is 0 Å². The molecule has 0 saturated heterocycles. The second kappa shape index (κ2) is 4.08. The molecule has 86 valence electrons. The number of rotatable bonds is 1. The maximum atomic E-state index is 2.41. The van der Waals surface area contributed by atoms with E-state index in [0.717, 1.165) is 0 Å². The highest BCUT2D eigenvalue weighted by molar-refractivity contribution is 5.62. The van der Waals surface area contributed by atoms with Crippen LogP contribution in [0.25, 0.3) is 0 Å². The van der Waals surface area contributed by atoms with E-state index < -0.39 is 0 Å². The number of hydrogen-bond donors (Lipinski definition) is 0. The zero-order valence-corrected chi connectivity index (χ0v) is 11.1. The maximum Gasteiger partial charge on any atom is -0.0155 e. The first kappa shape index (κ1) is 11.4. The summed E-state index contributed by atoms with van der Waals surface area (Å²) >= 11 is 0. The monoisotopic (exact) mass is 214 g/mol. The van der Waals surface area contributed by atoms with Crippen molar-refractivity contribution in [2.45, 2.75) is 41.0 Å². The van der Waals surface area contributed by atoms with Crippen molar-refractivity contribution in [3.63, 3.8) is 0 Å². The maximum absolute atomic E-state index is 2.41. The number of fused-ring (bicyclic) bond motifs is 1. The smallest absolute Gasteiger partial charge is 0.0155 e. The fourth-order valence-corrected chi connectivity index (χ4v) is 2.44. The average Bonchev–Trinajstić information content (AvgIpc) is 2.64. The lowest BCUT2D eigenvalue weighted by Gasteiger charge is -2.11. The summed E-state index contributed by atoms with van der Waals surface area (Å²) in [7, 11) is 0. The SMILES string of the molecule is CC1=C(C)C(C)CC=C2C=C(C(C)C)C=C21. The summed E-state index contributed by atoms with van der Waals surface area (Å²) in [5.74, 6) is 1.32. The Hall–Kier alpha value is -1.04. The fraction of sp³-hybridized carbons (Fsp3) is 0.500. The second-order valence-corrected chi connectivity index (χ2v) is 5.46. The third-order valence-corrected chi connectivity index (χ3v) is 4.04. The van der Waals surface area contributed by atoms with E-state index in [9.17, 15) is 0 Å². The Balaban J connectivity index is 2.46. The van der Waals surface area contributed by atoms with Gasteiger partial charge in [-0.1, -0.05) is 44.6 Å². The summed E-state index contributed by atoms with van der Waals surface area (Å²) in [6.07, 6.45) is 8.34. The highest BCUT2D eigenvalue weighted by atomic mass is 14.3. The third-order valence-electron chi connectivity index (χ3n) is 4.04. The van der Waals surface area contributed by atoms with Crippen molar-refractivity contribution in [1.82, 2.24) is 0 Å².